The Balaban J connectivity index is 1.66. The molecule has 3 aromatic rings. The van der Waals surface area contributed by atoms with E-state index in [0.717, 1.165) is 16.8 Å². The van der Waals surface area contributed by atoms with E-state index in [4.69, 9.17) is 0 Å². The Labute approximate surface area is 171 Å². The molecule has 2 amide bonds. The predicted octanol–water partition coefficient (Wildman–Crippen LogP) is 4.31. The first-order valence-electron chi connectivity index (χ1n) is 9.29. The van der Waals surface area contributed by atoms with Crippen LogP contribution in [0.1, 0.15) is 11.1 Å². The molecule has 0 aliphatic carbocycles. The fourth-order valence-electron chi connectivity index (χ4n) is 4.09. The summed E-state index contributed by atoms with van der Waals surface area (Å²) >= 11 is 1.30. The highest BCUT2D eigenvalue weighted by molar-refractivity contribution is 8.02. The average Bonchev–Trinajstić information content (AvgIpc) is 3.20. The van der Waals surface area contributed by atoms with E-state index in [2.05, 4.69) is 0 Å². The van der Waals surface area contributed by atoms with Crippen molar-refractivity contribution >= 4 is 35.0 Å². The average molecular weight is 404 g/mol. The topological polar surface area (TPSA) is 40.6 Å². The van der Waals surface area contributed by atoms with Gasteiger partial charge in [0.15, 0.2) is 0 Å². The number of anilines is 2. The minimum Gasteiger partial charge on any atom is -0.304 e. The first-order valence-corrected chi connectivity index (χ1v) is 10.3. The number of benzene rings is 3. The van der Waals surface area contributed by atoms with Crippen LogP contribution in [-0.4, -0.2) is 17.6 Å². The van der Waals surface area contributed by atoms with Gasteiger partial charge < -0.3 is 4.90 Å². The molecule has 1 saturated heterocycles. The molecule has 6 heteroatoms. The van der Waals surface area contributed by atoms with Crippen LogP contribution in [0.25, 0.3) is 0 Å². The van der Waals surface area contributed by atoms with Gasteiger partial charge in [-0.2, -0.15) is 0 Å². The maximum absolute atomic E-state index is 13.9. The van der Waals surface area contributed by atoms with Crippen molar-refractivity contribution in [1.82, 2.24) is 0 Å². The van der Waals surface area contributed by atoms with Gasteiger partial charge in [0, 0.05) is 11.3 Å². The van der Waals surface area contributed by atoms with Crippen LogP contribution in [0, 0.1) is 5.82 Å². The first kappa shape index (κ1) is 17.9. The molecule has 0 N–H and O–H groups in total. The number of hydrogen-bond donors (Lipinski definition) is 0. The van der Waals surface area contributed by atoms with Crippen molar-refractivity contribution < 1.29 is 14.0 Å². The van der Waals surface area contributed by atoms with Crippen LogP contribution < -0.4 is 9.80 Å². The molecule has 4 nitrogen and oxygen atoms in total. The predicted molar refractivity (Wildman–Crippen MR) is 112 cm³/mol. The molecule has 0 unspecified atom stereocenters. The second-order valence-corrected chi connectivity index (χ2v) is 8.20. The van der Waals surface area contributed by atoms with Gasteiger partial charge in [-0.25, -0.2) is 4.39 Å². The van der Waals surface area contributed by atoms with Crippen molar-refractivity contribution in [2.75, 3.05) is 15.6 Å². The normalized spacial score (nSPS) is 20.6. The van der Waals surface area contributed by atoms with Crippen molar-refractivity contribution in [2.24, 2.45) is 0 Å². The smallest absolute Gasteiger partial charge is 0.269 e. The Morgan fingerprint density at radius 3 is 2.48 bits per heavy atom. The number of halogens is 1. The van der Waals surface area contributed by atoms with Gasteiger partial charge in [-0.1, -0.05) is 54.6 Å². The fraction of sp³-hybridized carbons (Fsp3) is 0.130. The minimum absolute atomic E-state index is 0.162. The lowest BCUT2D eigenvalue weighted by Gasteiger charge is -2.33. The van der Waals surface area contributed by atoms with Crippen molar-refractivity contribution in [2.45, 2.75) is 11.4 Å². The molecule has 2 aliphatic heterocycles. The van der Waals surface area contributed by atoms with E-state index in [1.54, 1.807) is 17.0 Å². The van der Waals surface area contributed by atoms with Gasteiger partial charge in [-0.05, 0) is 29.8 Å². The van der Waals surface area contributed by atoms with Gasteiger partial charge in [0.2, 0.25) is 10.8 Å². The largest absolute Gasteiger partial charge is 0.304 e. The number of rotatable bonds is 3. The van der Waals surface area contributed by atoms with Crippen molar-refractivity contribution in [3.05, 3.63) is 95.8 Å². The summed E-state index contributed by atoms with van der Waals surface area (Å²) < 4.78 is 13.9. The quantitative estimate of drug-likeness (QED) is 0.653. The lowest BCUT2D eigenvalue weighted by molar-refractivity contribution is -0.123. The molecule has 0 saturated carbocycles. The molecule has 3 aromatic carbocycles. The third-order valence-electron chi connectivity index (χ3n) is 5.31. The fourth-order valence-corrected chi connectivity index (χ4v) is 5.45. The Kier molecular flexibility index (Phi) is 4.17. The van der Waals surface area contributed by atoms with Crippen molar-refractivity contribution in [3.63, 3.8) is 0 Å². The maximum Gasteiger partial charge on any atom is 0.269 e. The van der Waals surface area contributed by atoms with Crippen LogP contribution in [-0.2, 0) is 21.0 Å². The number of hydrogen-bond acceptors (Lipinski definition) is 3. The number of carbonyl (C=O) groups excluding carboxylic acids is 2. The van der Waals surface area contributed by atoms with E-state index < -0.39 is 10.7 Å². The monoisotopic (exact) mass is 404 g/mol. The zero-order valence-corrected chi connectivity index (χ0v) is 16.2. The number of carbonyl (C=O) groups is 2. The van der Waals surface area contributed by atoms with Crippen LogP contribution in [0.2, 0.25) is 0 Å². The molecule has 144 valence electrons. The van der Waals surface area contributed by atoms with Gasteiger partial charge >= 0.3 is 0 Å². The highest BCUT2D eigenvalue weighted by atomic mass is 32.2. The zero-order valence-electron chi connectivity index (χ0n) is 15.4. The number of nitrogens with zero attached hydrogens (tertiary/aromatic N) is 2. The van der Waals surface area contributed by atoms with Crippen molar-refractivity contribution in [1.29, 1.82) is 0 Å². The van der Waals surface area contributed by atoms with Crippen LogP contribution in [0.3, 0.4) is 0 Å². The maximum atomic E-state index is 13.9. The van der Waals surface area contributed by atoms with Gasteiger partial charge in [0.05, 0.1) is 18.0 Å². The lowest BCUT2D eigenvalue weighted by Crippen LogP contribution is -2.49. The Hall–Kier alpha value is -3.12. The van der Waals surface area contributed by atoms with E-state index in [1.807, 2.05) is 54.6 Å². The Morgan fingerprint density at radius 2 is 1.69 bits per heavy atom. The molecular weight excluding hydrogens is 387 g/mol. The lowest BCUT2D eigenvalue weighted by atomic mass is 10.0. The third-order valence-corrected chi connectivity index (χ3v) is 6.70. The SMILES string of the molecule is O=C1CS[C@]2(C(=O)N(Cc3ccccc3)c3ccccc32)N1c1cccc(F)c1. The summed E-state index contributed by atoms with van der Waals surface area (Å²) in [6.45, 7) is 0.407. The second-order valence-electron chi connectivity index (χ2n) is 7.04. The summed E-state index contributed by atoms with van der Waals surface area (Å²) in [5.41, 5.74) is 2.94. The summed E-state index contributed by atoms with van der Waals surface area (Å²) in [6, 6.07) is 23.1. The van der Waals surface area contributed by atoms with E-state index >= 15 is 0 Å². The van der Waals surface area contributed by atoms with Gasteiger partial charge in [-0.3, -0.25) is 14.5 Å². The van der Waals surface area contributed by atoms with Crippen LogP contribution in [0.5, 0.6) is 0 Å². The standard InChI is InChI=1S/C23H17FN2O2S/c24-17-9-6-10-18(13-17)26-21(27)15-29-23(26)19-11-4-5-12-20(19)25(22(23)28)14-16-7-2-1-3-8-16/h1-13H,14-15H2/t23-/m1/s1. The van der Waals surface area contributed by atoms with Gasteiger partial charge in [0.1, 0.15) is 5.82 Å². The summed E-state index contributed by atoms with van der Waals surface area (Å²) in [7, 11) is 0. The summed E-state index contributed by atoms with van der Waals surface area (Å²) in [4.78, 5) is 28.7. The first-order chi connectivity index (χ1) is 14.1. The molecule has 29 heavy (non-hydrogen) atoms. The summed E-state index contributed by atoms with van der Waals surface area (Å²) in [5, 5.41) is 0. The van der Waals surface area contributed by atoms with Crippen LogP contribution >= 0.6 is 11.8 Å². The van der Waals surface area contributed by atoms with E-state index in [0.29, 0.717) is 12.2 Å². The summed E-state index contributed by atoms with van der Waals surface area (Å²) in [5.74, 6) is -0.661. The molecule has 2 aliphatic rings. The second kappa shape index (κ2) is 6.74. The highest BCUT2D eigenvalue weighted by Crippen LogP contribution is 2.55. The van der Waals surface area contributed by atoms with E-state index in [1.165, 1.54) is 28.8 Å². The number of thioether (sulfide) groups is 1. The molecule has 2 heterocycles. The van der Waals surface area contributed by atoms with E-state index in [-0.39, 0.29) is 17.6 Å². The van der Waals surface area contributed by atoms with Crippen molar-refractivity contribution in [3.8, 4) is 0 Å². The third kappa shape index (κ3) is 2.67. The zero-order chi connectivity index (χ0) is 20.0. The minimum atomic E-state index is -1.21. The molecule has 0 radical (unpaired) electrons. The molecule has 5 rings (SSSR count). The number of amides is 2. The van der Waals surface area contributed by atoms with Gasteiger partial charge in [0.25, 0.3) is 5.91 Å². The highest BCUT2D eigenvalue weighted by Gasteiger charge is 2.60. The molecule has 0 bridgehead atoms. The molecular formula is C23H17FN2O2S. The van der Waals surface area contributed by atoms with Gasteiger partial charge in [-0.15, -0.1) is 11.8 Å². The Morgan fingerprint density at radius 1 is 0.931 bits per heavy atom. The number of fused-ring (bicyclic) bond motifs is 2. The number of para-hydroxylation sites is 1. The molecule has 1 spiro atoms. The van der Waals surface area contributed by atoms with Crippen LogP contribution in [0.15, 0.2) is 78.9 Å². The molecule has 0 aromatic heterocycles. The van der Waals surface area contributed by atoms with E-state index in [9.17, 15) is 14.0 Å². The van der Waals surface area contributed by atoms with Crippen LogP contribution in [0.4, 0.5) is 15.8 Å². The summed E-state index contributed by atoms with van der Waals surface area (Å²) in [6.07, 6.45) is 0. The molecule has 1 atom stereocenters. The molecule has 1 fully saturated rings. The Bertz CT molecular complexity index is 1120.